The Bertz CT molecular complexity index is 1170. The van der Waals surface area contributed by atoms with Crippen LogP contribution in [0.1, 0.15) is 46.9 Å². The van der Waals surface area contributed by atoms with Crippen molar-refractivity contribution in [2.24, 2.45) is 0 Å². The number of hydrogen-bond donors (Lipinski definition) is 0. The molecule has 2 aromatic heterocycles. The molecule has 0 unspecified atom stereocenters. The number of benzene rings is 2. The van der Waals surface area contributed by atoms with Gasteiger partial charge in [-0.3, -0.25) is 0 Å². The summed E-state index contributed by atoms with van der Waals surface area (Å²) in [6, 6.07) is 17.1. The molecule has 0 aliphatic carbocycles. The quantitative estimate of drug-likeness (QED) is 0.356. The summed E-state index contributed by atoms with van der Waals surface area (Å²) in [6.07, 6.45) is 11.3. The van der Waals surface area contributed by atoms with Crippen LogP contribution in [0.3, 0.4) is 0 Å². The predicted octanol–water partition coefficient (Wildman–Crippen LogP) is 5.58. The van der Waals surface area contributed by atoms with E-state index in [0.29, 0.717) is 0 Å². The molecule has 5 nitrogen and oxygen atoms in total. The number of aryl methyl sites for hydroxylation is 5. The highest BCUT2D eigenvalue weighted by atomic mass is 15.3. The maximum Gasteiger partial charge on any atom is 0.174 e. The molecule has 5 heteroatoms. The van der Waals surface area contributed by atoms with Crippen molar-refractivity contribution in [3.05, 3.63) is 95.1 Å². The number of imidazole rings is 1. The van der Waals surface area contributed by atoms with Crippen molar-refractivity contribution in [3.8, 4) is 5.69 Å². The van der Waals surface area contributed by atoms with Crippen LogP contribution in [0.15, 0.2) is 61.1 Å². The molecule has 0 spiro atoms. The van der Waals surface area contributed by atoms with E-state index >= 15 is 0 Å². The minimum atomic E-state index is 0.757. The zero-order chi connectivity index (χ0) is 21.6. The molecule has 2 heterocycles. The third kappa shape index (κ3) is 5.37. The van der Waals surface area contributed by atoms with Gasteiger partial charge >= 0.3 is 0 Å². The van der Waals surface area contributed by atoms with Crippen LogP contribution >= 0.6 is 0 Å². The van der Waals surface area contributed by atoms with E-state index in [4.69, 9.17) is 0 Å². The van der Waals surface area contributed by atoms with Gasteiger partial charge in [-0.25, -0.2) is 14.6 Å². The van der Waals surface area contributed by atoms with Gasteiger partial charge in [0.05, 0.1) is 12.0 Å². The molecule has 0 saturated carbocycles. The van der Waals surface area contributed by atoms with Gasteiger partial charge < -0.3 is 4.57 Å². The van der Waals surface area contributed by atoms with E-state index in [9.17, 15) is 0 Å². The molecule has 0 radical (unpaired) electrons. The van der Waals surface area contributed by atoms with Gasteiger partial charge in [0.15, 0.2) is 5.82 Å². The van der Waals surface area contributed by atoms with Gasteiger partial charge in [0, 0.05) is 18.4 Å². The second kappa shape index (κ2) is 9.56. The molecule has 0 bridgehead atoms. The second-order valence-electron chi connectivity index (χ2n) is 7.98. The van der Waals surface area contributed by atoms with E-state index in [-0.39, 0.29) is 0 Å². The van der Waals surface area contributed by atoms with Gasteiger partial charge in [0.1, 0.15) is 5.82 Å². The van der Waals surface area contributed by atoms with E-state index < -0.39 is 0 Å². The number of rotatable bonds is 8. The maximum absolute atomic E-state index is 4.67. The van der Waals surface area contributed by atoms with E-state index in [1.807, 2.05) is 37.1 Å². The third-order valence-electron chi connectivity index (χ3n) is 5.44. The summed E-state index contributed by atoms with van der Waals surface area (Å²) in [5.41, 5.74) is 5.89. The third-order valence-corrected chi connectivity index (χ3v) is 5.44. The van der Waals surface area contributed by atoms with Crippen molar-refractivity contribution in [2.75, 3.05) is 0 Å². The van der Waals surface area contributed by atoms with Crippen LogP contribution < -0.4 is 0 Å². The number of hydrogen-bond acceptors (Lipinski definition) is 3. The van der Waals surface area contributed by atoms with Crippen molar-refractivity contribution < 1.29 is 0 Å². The summed E-state index contributed by atoms with van der Waals surface area (Å²) in [6.45, 7) is 7.04. The Hall–Kier alpha value is -3.47. The molecule has 0 atom stereocenters. The van der Waals surface area contributed by atoms with Gasteiger partial charge in [0.2, 0.25) is 0 Å². The molecular weight excluding hydrogens is 382 g/mol. The monoisotopic (exact) mass is 411 g/mol. The van der Waals surface area contributed by atoms with Crippen molar-refractivity contribution in [2.45, 2.75) is 46.6 Å². The molecule has 4 aromatic rings. The standard InChI is InChI=1S/C26H29N5/c1-20-17-24(12-14-25(20)30-18-21(2)27-19-30)13-15-26-28-22(3)31(29-26)16-8-7-11-23-9-5-4-6-10-23/h4-6,9-10,12-15,17-19H,7-8,11,16H2,1-3H3/b15-13+. The Labute approximate surface area is 184 Å². The summed E-state index contributed by atoms with van der Waals surface area (Å²) in [5, 5.41) is 4.67. The predicted molar refractivity (Wildman–Crippen MR) is 126 cm³/mol. The SMILES string of the molecule is Cc1cn(-c2ccc(/C=C/c3nc(C)n(CCCCc4ccccc4)n3)cc2C)cn1. The molecule has 4 rings (SSSR count). The topological polar surface area (TPSA) is 48.5 Å². The van der Waals surface area contributed by atoms with Crippen molar-refractivity contribution >= 4 is 12.2 Å². The van der Waals surface area contributed by atoms with Crippen LogP contribution in [-0.4, -0.2) is 24.3 Å². The van der Waals surface area contributed by atoms with Gasteiger partial charge in [-0.05, 0) is 74.9 Å². The summed E-state index contributed by atoms with van der Waals surface area (Å²) in [4.78, 5) is 8.92. The van der Waals surface area contributed by atoms with E-state index in [2.05, 4.69) is 81.2 Å². The second-order valence-corrected chi connectivity index (χ2v) is 7.98. The average molecular weight is 412 g/mol. The first-order valence-corrected chi connectivity index (χ1v) is 10.8. The highest BCUT2D eigenvalue weighted by molar-refractivity contribution is 5.68. The lowest BCUT2D eigenvalue weighted by molar-refractivity contribution is 0.543. The van der Waals surface area contributed by atoms with Crippen LogP contribution in [0, 0.1) is 20.8 Å². The molecular formula is C26H29N5. The molecule has 0 fully saturated rings. The highest BCUT2D eigenvalue weighted by Crippen LogP contribution is 2.18. The molecule has 0 N–H and O–H groups in total. The Morgan fingerprint density at radius 3 is 2.52 bits per heavy atom. The fourth-order valence-electron chi connectivity index (χ4n) is 3.76. The smallest absolute Gasteiger partial charge is 0.174 e. The van der Waals surface area contributed by atoms with Crippen LogP contribution in [-0.2, 0) is 13.0 Å². The Kier molecular flexibility index (Phi) is 6.41. The maximum atomic E-state index is 4.67. The van der Waals surface area contributed by atoms with Crippen LogP contribution in [0.5, 0.6) is 0 Å². The lowest BCUT2D eigenvalue weighted by Crippen LogP contribution is -2.03. The van der Waals surface area contributed by atoms with Crippen LogP contribution in [0.25, 0.3) is 17.8 Å². The summed E-state index contributed by atoms with van der Waals surface area (Å²) in [5.74, 6) is 1.72. The summed E-state index contributed by atoms with van der Waals surface area (Å²) >= 11 is 0. The molecule has 0 amide bonds. The van der Waals surface area contributed by atoms with Gasteiger partial charge in [0.25, 0.3) is 0 Å². The van der Waals surface area contributed by atoms with Gasteiger partial charge in [-0.1, -0.05) is 42.5 Å². The van der Waals surface area contributed by atoms with Crippen molar-refractivity contribution in [1.29, 1.82) is 0 Å². The van der Waals surface area contributed by atoms with Crippen molar-refractivity contribution in [1.82, 2.24) is 24.3 Å². The first-order chi connectivity index (χ1) is 15.1. The highest BCUT2D eigenvalue weighted by Gasteiger charge is 2.05. The lowest BCUT2D eigenvalue weighted by Gasteiger charge is -2.07. The Morgan fingerprint density at radius 1 is 0.935 bits per heavy atom. The Morgan fingerprint density at radius 2 is 1.77 bits per heavy atom. The van der Waals surface area contributed by atoms with E-state index in [1.165, 1.54) is 11.1 Å². The number of aromatic nitrogens is 5. The summed E-state index contributed by atoms with van der Waals surface area (Å²) < 4.78 is 4.07. The fourth-order valence-corrected chi connectivity index (χ4v) is 3.76. The molecule has 31 heavy (non-hydrogen) atoms. The molecule has 0 saturated heterocycles. The lowest BCUT2D eigenvalue weighted by atomic mass is 10.1. The van der Waals surface area contributed by atoms with Crippen molar-refractivity contribution in [3.63, 3.8) is 0 Å². The summed E-state index contributed by atoms with van der Waals surface area (Å²) in [7, 11) is 0. The number of unbranched alkanes of at least 4 members (excludes halogenated alkanes) is 1. The zero-order valence-corrected chi connectivity index (χ0v) is 18.5. The fraction of sp³-hybridized carbons (Fsp3) is 0.269. The zero-order valence-electron chi connectivity index (χ0n) is 18.5. The first-order valence-electron chi connectivity index (χ1n) is 10.8. The molecule has 2 aromatic carbocycles. The first kappa shape index (κ1) is 20.8. The minimum absolute atomic E-state index is 0.757. The Balaban J connectivity index is 1.35. The van der Waals surface area contributed by atoms with Gasteiger partial charge in [-0.2, -0.15) is 5.10 Å². The number of nitrogens with zero attached hydrogens (tertiary/aromatic N) is 5. The largest absolute Gasteiger partial charge is 0.306 e. The average Bonchev–Trinajstić information content (AvgIpc) is 3.35. The molecule has 0 aliphatic heterocycles. The normalized spacial score (nSPS) is 11.5. The molecule has 0 aliphatic rings. The molecule has 158 valence electrons. The van der Waals surface area contributed by atoms with E-state index in [0.717, 1.165) is 54.4 Å². The van der Waals surface area contributed by atoms with Gasteiger partial charge in [-0.15, -0.1) is 0 Å². The minimum Gasteiger partial charge on any atom is -0.306 e. The van der Waals surface area contributed by atoms with Crippen LogP contribution in [0.2, 0.25) is 0 Å². The van der Waals surface area contributed by atoms with E-state index in [1.54, 1.807) is 0 Å². The van der Waals surface area contributed by atoms with Crippen LogP contribution in [0.4, 0.5) is 0 Å².